The molecule has 76 valence electrons. The number of carbonyl (C=O) groups is 1. The second-order valence-electron chi connectivity index (χ2n) is 3.21. The van der Waals surface area contributed by atoms with Crippen molar-refractivity contribution in [1.82, 2.24) is 4.90 Å². The van der Waals surface area contributed by atoms with Crippen LogP contribution >= 0.6 is 15.9 Å². The molecule has 1 atom stereocenters. The Morgan fingerprint density at radius 1 is 1.62 bits per heavy atom. The summed E-state index contributed by atoms with van der Waals surface area (Å²) in [5, 5.41) is 0. The van der Waals surface area contributed by atoms with Crippen molar-refractivity contribution in [3.05, 3.63) is 0 Å². The maximum Gasteiger partial charge on any atom is 0.320 e. The molecule has 0 aromatic heterocycles. The van der Waals surface area contributed by atoms with Gasteiger partial charge < -0.3 is 4.74 Å². The van der Waals surface area contributed by atoms with Crippen molar-refractivity contribution >= 4 is 21.9 Å². The largest absolute Gasteiger partial charge is 0.465 e. The van der Waals surface area contributed by atoms with Gasteiger partial charge >= 0.3 is 5.97 Å². The van der Waals surface area contributed by atoms with E-state index in [1.165, 1.54) is 12.8 Å². The van der Waals surface area contributed by atoms with Crippen LogP contribution in [0.4, 0.5) is 0 Å². The quantitative estimate of drug-likeness (QED) is 0.434. The molecule has 1 saturated heterocycles. The number of nitrogens with zero attached hydrogens (tertiary/aromatic N) is 1. The Labute approximate surface area is 87.6 Å². The molecule has 0 aliphatic carbocycles. The van der Waals surface area contributed by atoms with Crippen LogP contribution in [-0.4, -0.2) is 35.5 Å². The van der Waals surface area contributed by atoms with Crippen molar-refractivity contribution in [3.8, 4) is 0 Å². The molecule has 1 aliphatic rings. The number of ether oxygens (including phenoxy) is 1. The SMILES string of the molecule is CCOC(=O)CN1CCCCC1Br. The molecule has 0 aromatic carbocycles. The average molecular weight is 250 g/mol. The van der Waals surface area contributed by atoms with Gasteiger partial charge in [-0.25, -0.2) is 0 Å². The number of piperidine rings is 1. The van der Waals surface area contributed by atoms with Gasteiger partial charge in [0.1, 0.15) is 0 Å². The van der Waals surface area contributed by atoms with Crippen LogP contribution in [0.5, 0.6) is 0 Å². The molecule has 1 aliphatic heterocycles. The zero-order valence-corrected chi connectivity index (χ0v) is 9.55. The van der Waals surface area contributed by atoms with E-state index in [1.807, 2.05) is 6.92 Å². The third kappa shape index (κ3) is 3.65. The standard InChI is InChI=1S/C9H16BrNO2/c1-2-13-9(12)7-11-6-4-3-5-8(11)10/h8H,2-7H2,1H3. The van der Waals surface area contributed by atoms with Crippen LogP contribution in [0, 0.1) is 0 Å². The minimum atomic E-state index is -0.117. The van der Waals surface area contributed by atoms with Crippen molar-refractivity contribution in [2.75, 3.05) is 19.7 Å². The summed E-state index contributed by atoms with van der Waals surface area (Å²) in [5.74, 6) is -0.117. The Bertz CT molecular complexity index is 175. The minimum absolute atomic E-state index is 0.117. The lowest BCUT2D eigenvalue weighted by molar-refractivity contribution is -0.144. The second kappa shape index (κ2) is 5.60. The van der Waals surface area contributed by atoms with Gasteiger partial charge in [-0.15, -0.1) is 0 Å². The first kappa shape index (κ1) is 11.0. The molecule has 1 heterocycles. The molecular formula is C9H16BrNO2. The Hall–Kier alpha value is -0.0900. The summed E-state index contributed by atoms with van der Waals surface area (Å²) in [6.45, 7) is 3.72. The van der Waals surface area contributed by atoms with Gasteiger partial charge in [-0.05, 0) is 32.7 Å². The number of alkyl halides is 1. The Morgan fingerprint density at radius 3 is 3.00 bits per heavy atom. The van der Waals surface area contributed by atoms with Crippen LogP contribution in [0.3, 0.4) is 0 Å². The monoisotopic (exact) mass is 249 g/mol. The molecule has 1 fully saturated rings. The van der Waals surface area contributed by atoms with Crippen LogP contribution in [0.15, 0.2) is 0 Å². The molecule has 0 aromatic rings. The van der Waals surface area contributed by atoms with E-state index < -0.39 is 0 Å². The number of likely N-dealkylation sites (tertiary alicyclic amines) is 1. The van der Waals surface area contributed by atoms with E-state index in [4.69, 9.17) is 4.74 Å². The predicted molar refractivity (Wildman–Crippen MR) is 54.8 cm³/mol. The molecule has 0 radical (unpaired) electrons. The van der Waals surface area contributed by atoms with Gasteiger partial charge in [0.2, 0.25) is 0 Å². The van der Waals surface area contributed by atoms with E-state index in [0.717, 1.165) is 13.0 Å². The van der Waals surface area contributed by atoms with Gasteiger partial charge in [0.15, 0.2) is 0 Å². The molecule has 0 spiro atoms. The van der Waals surface area contributed by atoms with E-state index in [0.29, 0.717) is 18.1 Å². The first-order valence-electron chi connectivity index (χ1n) is 4.77. The van der Waals surface area contributed by atoms with Crippen molar-refractivity contribution in [1.29, 1.82) is 0 Å². The highest BCUT2D eigenvalue weighted by Crippen LogP contribution is 2.20. The number of hydrogen-bond donors (Lipinski definition) is 0. The molecule has 0 amide bonds. The Balaban J connectivity index is 2.29. The maximum atomic E-state index is 11.2. The van der Waals surface area contributed by atoms with Crippen molar-refractivity contribution in [2.45, 2.75) is 31.1 Å². The number of rotatable bonds is 3. The zero-order valence-electron chi connectivity index (χ0n) is 7.96. The molecule has 13 heavy (non-hydrogen) atoms. The molecule has 0 bridgehead atoms. The smallest absolute Gasteiger partial charge is 0.320 e. The molecule has 3 nitrogen and oxygen atoms in total. The summed E-state index contributed by atoms with van der Waals surface area (Å²) >= 11 is 3.55. The molecule has 1 unspecified atom stereocenters. The van der Waals surface area contributed by atoms with Gasteiger partial charge in [-0.1, -0.05) is 15.9 Å². The first-order valence-corrected chi connectivity index (χ1v) is 5.69. The third-order valence-corrected chi connectivity index (χ3v) is 3.21. The van der Waals surface area contributed by atoms with Crippen molar-refractivity contribution < 1.29 is 9.53 Å². The maximum absolute atomic E-state index is 11.2. The van der Waals surface area contributed by atoms with E-state index in [1.54, 1.807) is 0 Å². The van der Waals surface area contributed by atoms with E-state index in [2.05, 4.69) is 20.8 Å². The second-order valence-corrected chi connectivity index (χ2v) is 4.26. The van der Waals surface area contributed by atoms with Gasteiger partial charge in [-0.3, -0.25) is 9.69 Å². The summed E-state index contributed by atoms with van der Waals surface area (Å²) in [6.07, 6.45) is 3.55. The van der Waals surface area contributed by atoms with Gasteiger partial charge in [0.25, 0.3) is 0 Å². The van der Waals surface area contributed by atoms with Gasteiger partial charge in [0, 0.05) is 0 Å². The van der Waals surface area contributed by atoms with Crippen LogP contribution in [0.1, 0.15) is 26.2 Å². The summed E-state index contributed by atoms with van der Waals surface area (Å²) < 4.78 is 4.89. The molecular weight excluding hydrogens is 234 g/mol. The fraction of sp³-hybridized carbons (Fsp3) is 0.889. The first-order chi connectivity index (χ1) is 6.24. The minimum Gasteiger partial charge on any atom is -0.465 e. The number of esters is 1. The zero-order chi connectivity index (χ0) is 9.68. The number of hydrogen-bond acceptors (Lipinski definition) is 3. The van der Waals surface area contributed by atoms with Crippen molar-refractivity contribution in [3.63, 3.8) is 0 Å². The Kier molecular flexibility index (Phi) is 4.73. The summed E-state index contributed by atoms with van der Waals surface area (Å²) in [5.41, 5.74) is 0. The lowest BCUT2D eigenvalue weighted by Crippen LogP contribution is -2.39. The number of halogens is 1. The third-order valence-electron chi connectivity index (χ3n) is 2.17. The highest BCUT2D eigenvalue weighted by atomic mass is 79.9. The topological polar surface area (TPSA) is 29.5 Å². The van der Waals surface area contributed by atoms with E-state index in [-0.39, 0.29) is 5.97 Å². The Morgan fingerprint density at radius 2 is 2.38 bits per heavy atom. The fourth-order valence-electron chi connectivity index (χ4n) is 1.50. The van der Waals surface area contributed by atoms with E-state index in [9.17, 15) is 4.79 Å². The van der Waals surface area contributed by atoms with Crippen molar-refractivity contribution in [2.24, 2.45) is 0 Å². The highest BCUT2D eigenvalue weighted by molar-refractivity contribution is 9.09. The summed E-state index contributed by atoms with van der Waals surface area (Å²) in [7, 11) is 0. The summed E-state index contributed by atoms with van der Waals surface area (Å²) in [4.78, 5) is 13.7. The lowest BCUT2D eigenvalue weighted by Gasteiger charge is -2.30. The van der Waals surface area contributed by atoms with Gasteiger partial charge in [0.05, 0.1) is 18.1 Å². The normalized spacial score (nSPS) is 24.3. The highest BCUT2D eigenvalue weighted by Gasteiger charge is 2.21. The van der Waals surface area contributed by atoms with Crippen LogP contribution in [0.25, 0.3) is 0 Å². The average Bonchev–Trinajstić information content (AvgIpc) is 2.09. The molecule has 0 saturated carbocycles. The van der Waals surface area contributed by atoms with Gasteiger partial charge in [-0.2, -0.15) is 0 Å². The lowest BCUT2D eigenvalue weighted by atomic mass is 10.1. The van der Waals surface area contributed by atoms with Crippen LogP contribution in [-0.2, 0) is 9.53 Å². The van der Waals surface area contributed by atoms with Crippen LogP contribution < -0.4 is 0 Å². The molecule has 1 rings (SSSR count). The molecule has 0 N–H and O–H groups in total. The summed E-state index contributed by atoms with van der Waals surface area (Å²) in [6, 6.07) is 0. The van der Waals surface area contributed by atoms with E-state index >= 15 is 0 Å². The molecule has 4 heteroatoms. The number of carbonyl (C=O) groups excluding carboxylic acids is 1. The predicted octanol–water partition coefficient (Wildman–Crippen LogP) is 1.76. The fourth-order valence-corrected chi connectivity index (χ4v) is 2.17. The van der Waals surface area contributed by atoms with Crippen LogP contribution in [0.2, 0.25) is 0 Å².